The fourth-order valence-electron chi connectivity index (χ4n) is 1.55. The molecular weight excluding hydrogens is 304 g/mol. The van der Waals surface area contributed by atoms with E-state index < -0.39 is 5.97 Å². The predicted molar refractivity (Wildman–Crippen MR) is 85.6 cm³/mol. The van der Waals surface area contributed by atoms with Crippen molar-refractivity contribution in [3.05, 3.63) is 0 Å². The van der Waals surface area contributed by atoms with Gasteiger partial charge in [-0.1, -0.05) is 13.8 Å². The second-order valence-electron chi connectivity index (χ2n) is 4.88. The number of carbonyl (C=O) groups excluding carboxylic acids is 1. The van der Waals surface area contributed by atoms with Gasteiger partial charge in [0.15, 0.2) is 0 Å². The molecule has 0 N–H and O–H groups in total. The van der Waals surface area contributed by atoms with E-state index in [4.69, 9.17) is 23.7 Å². The van der Waals surface area contributed by atoms with Crippen molar-refractivity contribution in [2.75, 3.05) is 66.6 Å². The van der Waals surface area contributed by atoms with Gasteiger partial charge in [0.2, 0.25) is 0 Å². The Morgan fingerprint density at radius 2 is 1.26 bits per heavy atom. The molecule has 7 nitrogen and oxygen atoms in total. The molecule has 0 aromatic carbocycles. The molecule has 0 radical (unpaired) electrons. The first-order chi connectivity index (χ1) is 11.2. The van der Waals surface area contributed by atoms with E-state index in [0.29, 0.717) is 39.6 Å². The van der Waals surface area contributed by atoms with Gasteiger partial charge in [0.05, 0.1) is 46.8 Å². The fourth-order valence-corrected chi connectivity index (χ4v) is 1.55. The molecule has 0 aliphatic rings. The maximum Gasteiger partial charge on any atom is 0.331 e. The largest absolute Gasteiger partial charge is 0.467 e. The van der Waals surface area contributed by atoms with E-state index in [9.17, 15) is 4.79 Å². The third-order valence-electron chi connectivity index (χ3n) is 2.71. The zero-order valence-electron chi connectivity index (χ0n) is 14.7. The van der Waals surface area contributed by atoms with Gasteiger partial charge in [-0.25, -0.2) is 4.79 Å². The maximum absolute atomic E-state index is 11.1. The van der Waals surface area contributed by atoms with Crippen LogP contribution >= 0.6 is 0 Å². The predicted octanol–water partition coefficient (Wildman–Crippen LogP) is 1.43. The van der Waals surface area contributed by atoms with E-state index in [-0.39, 0.29) is 12.7 Å². The lowest BCUT2D eigenvalue weighted by atomic mass is 10.4. The van der Waals surface area contributed by atoms with Gasteiger partial charge in [0.1, 0.15) is 12.7 Å². The van der Waals surface area contributed by atoms with Crippen LogP contribution < -0.4 is 0 Å². The Morgan fingerprint density at radius 1 is 0.783 bits per heavy atom. The molecule has 0 amide bonds. The van der Waals surface area contributed by atoms with Crippen molar-refractivity contribution >= 4 is 5.97 Å². The highest BCUT2D eigenvalue weighted by molar-refractivity contribution is 5.70. The summed E-state index contributed by atoms with van der Waals surface area (Å²) in [4.78, 5) is 11.1. The Kier molecular flexibility index (Phi) is 17.1. The Hall–Kier alpha value is -0.730. The standard InChI is InChI=1S/C16H32O7/c1-4-6-19-8-10-21-12-15(23-14-16(17)18-3)13-22-11-9-20-7-5-2/h15H,4-14H2,1-3H3. The van der Waals surface area contributed by atoms with Crippen LogP contribution in [0.15, 0.2) is 0 Å². The molecule has 0 aliphatic heterocycles. The van der Waals surface area contributed by atoms with Crippen molar-refractivity contribution in [1.82, 2.24) is 0 Å². The SMILES string of the molecule is CCCOCCOCC(COCCOCCC)OCC(=O)OC. The second kappa shape index (κ2) is 17.6. The maximum atomic E-state index is 11.1. The number of ether oxygens (including phenoxy) is 6. The van der Waals surface area contributed by atoms with E-state index in [1.165, 1.54) is 7.11 Å². The number of rotatable bonds is 17. The van der Waals surface area contributed by atoms with Crippen molar-refractivity contribution in [1.29, 1.82) is 0 Å². The highest BCUT2D eigenvalue weighted by atomic mass is 16.6. The molecule has 0 rings (SSSR count). The van der Waals surface area contributed by atoms with Crippen molar-refractivity contribution in [2.45, 2.75) is 32.8 Å². The monoisotopic (exact) mass is 336 g/mol. The quantitative estimate of drug-likeness (QED) is 0.294. The molecule has 0 heterocycles. The van der Waals surface area contributed by atoms with Crippen molar-refractivity contribution < 1.29 is 33.2 Å². The minimum atomic E-state index is -0.424. The van der Waals surface area contributed by atoms with E-state index in [1.54, 1.807) is 0 Å². The van der Waals surface area contributed by atoms with Crippen LogP contribution in [0.2, 0.25) is 0 Å². The van der Waals surface area contributed by atoms with E-state index in [0.717, 1.165) is 26.1 Å². The molecule has 0 atom stereocenters. The van der Waals surface area contributed by atoms with Crippen LogP contribution in [-0.2, 0) is 33.2 Å². The molecule has 0 saturated carbocycles. The summed E-state index contributed by atoms with van der Waals surface area (Å²) in [6.45, 7) is 8.18. The van der Waals surface area contributed by atoms with Crippen molar-refractivity contribution in [2.24, 2.45) is 0 Å². The summed E-state index contributed by atoms with van der Waals surface area (Å²) in [6.07, 6.45) is 1.64. The molecule has 23 heavy (non-hydrogen) atoms. The van der Waals surface area contributed by atoms with Gasteiger partial charge in [-0.15, -0.1) is 0 Å². The lowest BCUT2D eigenvalue weighted by Crippen LogP contribution is -2.29. The third kappa shape index (κ3) is 15.9. The average Bonchev–Trinajstić information content (AvgIpc) is 2.57. The molecule has 0 aliphatic carbocycles. The molecule has 0 unspecified atom stereocenters. The summed E-state index contributed by atoms with van der Waals surface area (Å²) in [5.74, 6) is -0.424. The number of methoxy groups -OCH3 is 1. The zero-order chi connectivity index (χ0) is 17.2. The summed E-state index contributed by atoms with van der Waals surface area (Å²) in [6, 6.07) is 0. The molecule has 0 spiro atoms. The first-order valence-corrected chi connectivity index (χ1v) is 8.23. The van der Waals surface area contributed by atoms with Crippen LogP contribution in [0.5, 0.6) is 0 Å². The van der Waals surface area contributed by atoms with E-state index in [1.807, 2.05) is 0 Å². The second-order valence-corrected chi connectivity index (χ2v) is 4.88. The number of esters is 1. The van der Waals surface area contributed by atoms with Gasteiger partial charge in [-0.3, -0.25) is 0 Å². The molecule has 0 saturated heterocycles. The average molecular weight is 336 g/mol. The smallest absolute Gasteiger partial charge is 0.331 e. The Balaban J connectivity index is 3.82. The molecule has 0 fully saturated rings. The highest BCUT2D eigenvalue weighted by Crippen LogP contribution is 1.97. The van der Waals surface area contributed by atoms with Gasteiger partial charge < -0.3 is 28.4 Å². The summed E-state index contributed by atoms with van der Waals surface area (Å²) in [7, 11) is 1.32. The molecule has 0 aromatic heterocycles. The van der Waals surface area contributed by atoms with E-state index in [2.05, 4.69) is 18.6 Å². The van der Waals surface area contributed by atoms with Crippen LogP contribution in [0.1, 0.15) is 26.7 Å². The first kappa shape index (κ1) is 22.3. The minimum absolute atomic E-state index is 0.118. The first-order valence-electron chi connectivity index (χ1n) is 8.23. The normalized spacial score (nSPS) is 11.1. The van der Waals surface area contributed by atoms with Crippen LogP contribution in [0.4, 0.5) is 0 Å². The molecular formula is C16H32O7. The lowest BCUT2D eigenvalue weighted by Gasteiger charge is -2.18. The Bertz CT molecular complexity index is 245. The molecule has 0 aromatic rings. The number of hydrogen-bond donors (Lipinski definition) is 0. The summed E-state index contributed by atoms with van der Waals surface area (Å²) in [5, 5.41) is 0. The summed E-state index contributed by atoms with van der Waals surface area (Å²) >= 11 is 0. The van der Waals surface area contributed by atoms with Crippen LogP contribution in [0.25, 0.3) is 0 Å². The summed E-state index contributed by atoms with van der Waals surface area (Å²) in [5.41, 5.74) is 0. The van der Waals surface area contributed by atoms with Gasteiger partial charge in [-0.2, -0.15) is 0 Å². The van der Waals surface area contributed by atoms with Crippen molar-refractivity contribution in [3.8, 4) is 0 Å². The van der Waals surface area contributed by atoms with E-state index >= 15 is 0 Å². The van der Waals surface area contributed by atoms with Crippen LogP contribution in [0.3, 0.4) is 0 Å². The molecule has 138 valence electrons. The summed E-state index contributed by atoms with van der Waals surface area (Å²) < 4.78 is 31.6. The minimum Gasteiger partial charge on any atom is -0.467 e. The van der Waals surface area contributed by atoms with Crippen LogP contribution in [-0.4, -0.2) is 78.6 Å². The fraction of sp³-hybridized carbons (Fsp3) is 0.938. The lowest BCUT2D eigenvalue weighted by molar-refractivity contribution is -0.151. The number of carbonyl (C=O) groups is 1. The van der Waals surface area contributed by atoms with Gasteiger partial charge in [0.25, 0.3) is 0 Å². The zero-order valence-corrected chi connectivity index (χ0v) is 14.7. The highest BCUT2D eigenvalue weighted by Gasteiger charge is 2.13. The van der Waals surface area contributed by atoms with Gasteiger partial charge in [-0.05, 0) is 12.8 Å². The Morgan fingerprint density at radius 3 is 1.70 bits per heavy atom. The third-order valence-corrected chi connectivity index (χ3v) is 2.71. The molecule has 0 bridgehead atoms. The van der Waals surface area contributed by atoms with Gasteiger partial charge in [0, 0.05) is 13.2 Å². The van der Waals surface area contributed by atoms with Gasteiger partial charge >= 0.3 is 5.97 Å². The number of hydrogen-bond acceptors (Lipinski definition) is 7. The van der Waals surface area contributed by atoms with Crippen LogP contribution in [0, 0.1) is 0 Å². The topological polar surface area (TPSA) is 72.5 Å². The Labute approximate surface area is 139 Å². The van der Waals surface area contributed by atoms with Crippen molar-refractivity contribution in [3.63, 3.8) is 0 Å². The molecule has 7 heteroatoms.